The van der Waals surface area contributed by atoms with Gasteiger partial charge in [0, 0.05) is 13.2 Å². The zero-order valence-electron chi connectivity index (χ0n) is 14.8. The van der Waals surface area contributed by atoms with E-state index in [4.69, 9.17) is 9.47 Å². The Morgan fingerprint density at radius 3 is 1.71 bits per heavy atom. The lowest BCUT2D eigenvalue weighted by Gasteiger charge is -2.29. The van der Waals surface area contributed by atoms with Crippen molar-refractivity contribution in [2.24, 2.45) is 0 Å². The first-order chi connectivity index (χ1) is 10.2. The van der Waals surface area contributed by atoms with Crippen molar-refractivity contribution >= 4 is 0 Å². The SMILES string of the molecule is CCCCCCOC(CC)C(OCCCCCC)C(C)O. The summed E-state index contributed by atoms with van der Waals surface area (Å²) in [5.74, 6) is 0. The van der Waals surface area contributed by atoms with Crippen molar-refractivity contribution < 1.29 is 14.6 Å². The Bertz CT molecular complexity index is 207. The monoisotopic (exact) mass is 302 g/mol. The Balaban J connectivity index is 4.00. The van der Waals surface area contributed by atoms with Crippen LogP contribution in [0.3, 0.4) is 0 Å². The van der Waals surface area contributed by atoms with Gasteiger partial charge in [-0.2, -0.15) is 0 Å². The summed E-state index contributed by atoms with van der Waals surface area (Å²) >= 11 is 0. The molecule has 3 nitrogen and oxygen atoms in total. The normalized spacial score (nSPS) is 15.9. The van der Waals surface area contributed by atoms with Crippen molar-refractivity contribution in [2.45, 2.75) is 104 Å². The van der Waals surface area contributed by atoms with Crippen LogP contribution in [-0.4, -0.2) is 36.6 Å². The average molecular weight is 302 g/mol. The third-order valence-electron chi connectivity index (χ3n) is 3.88. The van der Waals surface area contributed by atoms with Gasteiger partial charge in [0.2, 0.25) is 0 Å². The first-order valence-electron chi connectivity index (χ1n) is 9.08. The Morgan fingerprint density at radius 2 is 1.29 bits per heavy atom. The fourth-order valence-corrected chi connectivity index (χ4v) is 2.51. The molecule has 1 N–H and O–H groups in total. The van der Waals surface area contributed by atoms with Crippen LogP contribution in [0.15, 0.2) is 0 Å². The Hall–Kier alpha value is -0.120. The third kappa shape index (κ3) is 11.1. The molecule has 0 saturated carbocycles. The molecular weight excluding hydrogens is 264 g/mol. The van der Waals surface area contributed by atoms with Crippen molar-refractivity contribution in [1.29, 1.82) is 0 Å². The maximum atomic E-state index is 9.95. The number of unbranched alkanes of at least 4 members (excludes halogenated alkanes) is 6. The maximum Gasteiger partial charge on any atom is 0.109 e. The van der Waals surface area contributed by atoms with Crippen LogP contribution >= 0.6 is 0 Å². The highest BCUT2D eigenvalue weighted by molar-refractivity contribution is 4.75. The van der Waals surface area contributed by atoms with E-state index in [9.17, 15) is 5.11 Å². The number of ether oxygens (including phenoxy) is 2. The molecule has 3 heteroatoms. The Kier molecular flexibility index (Phi) is 14.7. The van der Waals surface area contributed by atoms with Crippen molar-refractivity contribution in [3.05, 3.63) is 0 Å². The van der Waals surface area contributed by atoms with E-state index in [1.54, 1.807) is 6.92 Å². The summed E-state index contributed by atoms with van der Waals surface area (Å²) in [5.41, 5.74) is 0. The number of hydrogen-bond acceptors (Lipinski definition) is 3. The van der Waals surface area contributed by atoms with Gasteiger partial charge in [-0.05, 0) is 26.2 Å². The van der Waals surface area contributed by atoms with E-state index in [2.05, 4.69) is 20.8 Å². The van der Waals surface area contributed by atoms with Crippen molar-refractivity contribution in [2.75, 3.05) is 13.2 Å². The first kappa shape index (κ1) is 20.9. The summed E-state index contributed by atoms with van der Waals surface area (Å²) in [6.07, 6.45) is 9.85. The van der Waals surface area contributed by atoms with E-state index in [-0.39, 0.29) is 12.2 Å². The van der Waals surface area contributed by atoms with Crippen LogP contribution in [0.2, 0.25) is 0 Å². The molecule has 0 aromatic heterocycles. The fraction of sp³-hybridized carbons (Fsp3) is 1.00. The van der Waals surface area contributed by atoms with Crippen molar-refractivity contribution in [3.8, 4) is 0 Å². The van der Waals surface area contributed by atoms with Crippen LogP contribution in [0.1, 0.15) is 85.5 Å². The summed E-state index contributed by atoms with van der Waals surface area (Å²) in [4.78, 5) is 0. The second-order valence-corrected chi connectivity index (χ2v) is 6.01. The number of aliphatic hydroxyl groups is 1. The molecule has 0 heterocycles. The summed E-state index contributed by atoms with van der Waals surface area (Å²) in [5, 5.41) is 9.95. The first-order valence-corrected chi connectivity index (χ1v) is 9.08. The number of aliphatic hydroxyl groups excluding tert-OH is 1. The highest BCUT2D eigenvalue weighted by Gasteiger charge is 2.25. The minimum atomic E-state index is -0.475. The molecule has 21 heavy (non-hydrogen) atoms. The lowest BCUT2D eigenvalue weighted by Crippen LogP contribution is -2.40. The fourth-order valence-electron chi connectivity index (χ4n) is 2.51. The van der Waals surface area contributed by atoms with E-state index in [0.717, 1.165) is 32.5 Å². The van der Waals surface area contributed by atoms with Gasteiger partial charge >= 0.3 is 0 Å². The molecular formula is C18H38O3. The summed E-state index contributed by atoms with van der Waals surface area (Å²) < 4.78 is 11.9. The maximum absolute atomic E-state index is 9.95. The van der Waals surface area contributed by atoms with E-state index >= 15 is 0 Å². The predicted molar refractivity (Wildman–Crippen MR) is 89.7 cm³/mol. The molecule has 3 unspecified atom stereocenters. The van der Waals surface area contributed by atoms with Gasteiger partial charge in [-0.3, -0.25) is 0 Å². The molecule has 0 aliphatic rings. The second kappa shape index (κ2) is 14.8. The average Bonchev–Trinajstić information content (AvgIpc) is 2.47. The second-order valence-electron chi connectivity index (χ2n) is 6.01. The topological polar surface area (TPSA) is 38.7 Å². The quantitative estimate of drug-likeness (QED) is 0.445. The Labute approximate surface area is 132 Å². The zero-order valence-corrected chi connectivity index (χ0v) is 14.8. The molecule has 0 aliphatic heterocycles. The van der Waals surface area contributed by atoms with Crippen LogP contribution in [0, 0.1) is 0 Å². The number of hydrogen-bond donors (Lipinski definition) is 1. The molecule has 0 radical (unpaired) electrons. The highest BCUT2D eigenvalue weighted by Crippen LogP contribution is 2.15. The molecule has 0 aromatic rings. The minimum absolute atomic E-state index is 0.0119. The zero-order chi connectivity index (χ0) is 15.9. The minimum Gasteiger partial charge on any atom is -0.391 e. The summed E-state index contributed by atoms with van der Waals surface area (Å²) in [6, 6.07) is 0. The van der Waals surface area contributed by atoms with E-state index < -0.39 is 6.10 Å². The molecule has 0 bridgehead atoms. The van der Waals surface area contributed by atoms with Gasteiger partial charge in [0.1, 0.15) is 6.10 Å². The summed E-state index contributed by atoms with van der Waals surface area (Å²) in [7, 11) is 0. The molecule has 0 rings (SSSR count). The molecule has 0 amide bonds. The van der Waals surface area contributed by atoms with Crippen molar-refractivity contribution in [3.63, 3.8) is 0 Å². The van der Waals surface area contributed by atoms with Crippen LogP contribution in [0.25, 0.3) is 0 Å². The lowest BCUT2D eigenvalue weighted by molar-refractivity contribution is -0.119. The molecule has 3 atom stereocenters. The summed E-state index contributed by atoms with van der Waals surface area (Å²) in [6.45, 7) is 9.84. The van der Waals surface area contributed by atoms with Crippen LogP contribution in [0.5, 0.6) is 0 Å². The standard InChI is InChI=1S/C18H38O3/c1-5-8-10-12-14-20-17(7-3)18(16(4)19)21-15-13-11-9-6-2/h16-19H,5-15H2,1-4H3. The molecule has 0 spiro atoms. The Morgan fingerprint density at radius 1 is 0.762 bits per heavy atom. The third-order valence-corrected chi connectivity index (χ3v) is 3.88. The lowest BCUT2D eigenvalue weighted by atomic mass is 10.1. The van der Waals surface area contributed by atoms with Crippen molar-refractivity contribution in [1.82, 2.24) is 0 Å². The smallest absolute Gasteiger partial charge is 0.109 e. The molecule has 0 saturated heterocycles. The van der Waals surface area contributed by atoms with E-state index in [1.165, 1.54) is 38.5 Å². The molecule has 0 aromatic carbocycles. The van der Waals surface area contributed by atoms with Gasteiger partial charge in [0.25, 0.3) is 0 Å². The largest absolute Gasteiger partial charge is 0.391 e. The van der Waals surface area contributed by atoms with Crippen LogP contribution < -0.4 is 0 Å². The molecule has 0 fully saturated rings. The van der Waals surface area contributed by atoms with Crippen LogP contribution in [0.4, 0.5) is 0 Å². The van der Waals surface area contributed by atoms with Gasteiger partial charge < -0.3 is 14.6 Å². The van der Waals surface area contributed by atoms with Gasteiger partial charge in [-0.1, -0.05) is 59.3 Å². The van der Waals surface area contributed by atoms with Gasteiger partial charge in [-0.25, -0.2) is 0 Å². The van der Waals surface area contributed by atoms with E-state index in [0.29, 0.717) is 0 Å². The predicted octanol–water partition coefficient (Wildman–Crippen LogP) is 4.71. The number of rotatable bonds is 15. The van der Waals surface area contributed by atoms with Gasteiger partial charge in [0.15, 0.2) is 0 Å². The van der Waals surface area contributed by atoms with Gasteiger partial charge in [0.05, 0.1) is 12.2 Å². The van der Waals surface area contributed by atoms with E-state index in [1.807, 2.05) is 0 Å². The van der Waals surface area contributed by atoms with Gasteiger partial charge in [-0.15, -0.1) is 0 Å². The molecule has 0 aliphatic carbocycles. The molecule has 128 valence electrons. The highest BCUT2D eigenvalue weighted by atomic mass is 16.5. The van der Waals surface area contributed by atoms with Crippen LogP contribution in [-0.2, 0) is 9.47 Å².